The van der Waals surface area contributed by atoms with Crippen LogP contribution in [0.3, 0.4) is 0 Å². The average Bonchev–Trinajstić information content (AvgIpc) is 2.91. The summed E-state index contributed by atoms with van der Waals surface area (Å²) < 4.78 is 62.2. The second-order valence-electron chi connectivity index (χ2n) is 9.72. The fourth-order valence-corrected chi connectivity index (χ4v) is 6.62. The van der Waals surface area contributed by atoms with Gasteiger partial charge >= 0.3 is 0 Å². The van der Waals surface area contributed by atoms with Gasteiger partial charge in [-0.15, -0.1) is 0 Å². The maximum Gasteiger partial charge on any atom is 0.242 e. The van der Waals surface area contributed by atoms with Crippen molar-refractivity contribution >= 4 is 31.1 Å². The minimum absolute atomic E-state index is 0.124. The molecule has 0 radical (unpaired) electrons. The maximum atomic E-state index is 11.9. The molecular weight excluding hydrogens is 530 g/mol. The first-order chi connectivity index (χ1) is 18.1. The lowest BCUT2D eigenvalue weighted by atomic mass is 9.89. The molecule has 1 atom stereocenters. The van der Waals surface area contributed by atoms with Crippen molar-refractivity contribution in [3.63, 3.8) is 0 Å². The fourth-order valence-electron chi connectivity index (χ4n) is 4.90. The van der Waals surface area contributed by atoms with Gasteiger partial charge in [0.1, 0.15) is 12.7 Å². The van der Waals surface area contributed by atoms with Gasteiger partial charge in [-0.3, -0.25) is 4.98 Å². The third-order valence-corrected chi connectivity index (χ3v) is 9.57. The number of ether oxygens (including phenoxy) is 2. The third-order valence-electron chi connectivity index (χ3n) is 7.00. The average molecular weight is 562 g/mol. The number of aromatic nitrogens is 3. The number of benzene rings is 1. The molecule has 2 aliphatic rings. The lowest BCUT2D eigenvalue weighted by molar-refractivity contribution is -0.0252. The van der Waals surface area contributed by atoms with Crippen LogP contribution in [0.15, 0.2) is 42.7 Å². The molecule has 38 heavy (non-hydrogen) atoms. The topological polar surface area (TPSA) is 132 Å². The van der Waals surface area contributed by atoms with Crippen molar-refractivity contribution in [3.8, 4) is 17.1 Å². The number of morpholine rings is 1. The molecule has 0 saturated carbocycles. The van der Waals surface area contributed by atoms with E-state index in [2.05, 4.69) is 22.1 Å². The van der Waals surface area contributed by atoms with E-state index in [0.29, 0.717) is 54.8 Å². The van der Waals surface area contributed by atoms with Crippen LogP contribution in [0.1, 0.15) is 24.3 Å². The lowest BCUT2D eigenvalue weighted by Gasteiger charge is -2.31. The first-order valence-electron chi connectivity index (χ1n) is 12.4. The summed E-state index contributed by atoms with van der Waals surface area (Å²) in [6.45, 7) is 2.03. The Bertz CT molecular complexity index is 1510. The van der Waals surface area contributed by atoms with Crippen LogP contribution >= 0.6 is 0 Å². The zero-order valence-corrected chi connectivity index (χ0v) is 23.0. The summed E-state index contributed by atoms with van der Waals surface area (Å²) in [4.78, 5) is 13.5. The first kappa shape index (κ1) is 26.9. The molecular formula is C25H31N5O6S2. The standard InChI is InChI=1S/C25H31N5O6S2/c1-37(31,32)29-11-7-19(8-12-29)18-3-5-20(6-4-18)22-15-23-24(27-10-9-26-23)25(28-22)36-17-21-16-30(13-14-35-21)38(2,33)34/h3-6,9-10,15,19,21H,7-8,11-14,16-17H2,1-2H3/t21-/m0/s1. The van der Waals surface area contributed by atoms with Crippen molar-refractivity contribution in [2.24, 2.45) is 0 Å². The minimum Gasteiger partial charge on any atom is -0.473 e. The minimum atomic E-state index is -3.31. The highest BCUT2D eigenvalue weighted by Gasteiger charge is 2.28. The van der Waals surface area contributed by atoms with E-state index in [1.807, 2.05) is 18.2 Å². The second-order valence-corrected chi connectivity index (χ2v) is 13.7. The first-order valence-corrected chi connectivity index (χ1v) is 16.1. The molecule has 0 amide bonds. The molecule has 2 fully saturated rings. The van der Waals surface area contributed by atoms with E-state index in [-0.39, 0.29) is 13.2 Å². The number of hydrogen-bond donors (Lipinski definition) is 0. The van der Waals surface area contributed by atoms with Crippen LogP contribution in [0.2, 0.25) is 0 Å². The normalized spacial score (nSPS) is 20.5. The molecule has 0 bridgehead atoms. The van der Waals surface area contributed by atoms with Gasteiger partial charge in [-0.25, -0.2) is 31.1 Å². The number of nitrogens with zero attached hydrogens (tertiary/aromatic N) is 5. The van der Waals surface area contributed by atoms with Crippen LogP contribution in [-0.4, -0.2) is 98.4 Å². The van der Waals surface area contributed by atoms with Crippen LogP contribution < -0.4 is 4.74 Å². The summed E-state index contributed by atoms with van der Waals surface area (Å²) in [5, 5.41) is 0. The van der Waals surface area contributed by atoms with Gasteiger partial charge in [0.05, 0.1) is 30.3 Å². The van der Waals surface area contributed by atoms with Crippen molar-refractivity contribution in [1.29, 1.82) is 0 Å². The molecule has 204 valence electrons. The highest BCUT2D eigenvalue weighted by molar-refractivity contribution is 7.88. The molecule has 5 rings (SSSR count). The largest absolute Gasteiger partial charge is 0.473 e. The zero-order chi connectivity index (χ0) is 26.9. The molecule has 0 aliphatic carbocycles. The Morgan fingerprint density at radius 3 is 2.32 bits per heavy atom. The second kappa shape index (κ2) is 10.8. The van der Waals surface area contributed by atoms with E-state index in [0.717, 1.165) is 18.4 Å². The highest BCUT2D eigenvalue weighted by Crippen LogP contribution is 2.32. The smallest absolute Gasteiger partial charge is 0.242 e. The van der Waals surface area contributed by atoms with Crippen LogP contribution in [0, 0.1) is 0 Å². The molecule has 2 saturated heterocycles. The van der Waals surface area contributed by atoms with Gasteiger partial charge in [0.2, 0.25) is 25.9 Å². The zero-order valence-electron chi connectivity index (χ0n) is 21.4. The maximum absolute atomic E-state index is 11.9. The van der Waals surface area contributed by atoms with Crippen LogP contribution in [-0.2, 0) is 24.8 Å². The molecule has 0 N–H and O–H groups in total. The Hall–Kier alpha value is -2.71. The van der Waals surface area contributed by atoms with Gasteiger partial charge < -0.3 is 9.47 Å². The van der Waals surface area contributed by atoms with Crippen molar-refractivity contribution < 1.29 is 26.3 Å². The third kappa shape index (κ3) is 6.12. The van der Waals surface area contributed by atoms with Crippen molar-refractivity contribution in [2.45, 2.75) is 24.9 Å². The van der Waals surface area contributed by atoms with Gasteiger partial charge in [-0.05, 0) is 30.4 Å². The summed E-state index contributed by atoms with van der Waals surface area (Å²) in [5.74, 6) is 0.612. The molecule has 2 aromatic heterocycles. The number of hydrogen-bond acceptors (Lipinski definition) is 9. The summed E-state index contributed by atoms with van der Waals surface area (Å²) >= 11 is 0. The molecule has 0 unspecified atom stereocenters. The highest BCUT2D eigenvalue weighted by atomic mass is 32.2. The van der Waals surface area contributed by atoms with E-state index in [4.69, 9.17) is 14.5 Å². The number of piperidine rings is 1. The van der Waals surface area contributed by atoms with Crippen molar-refractivity contribution in [1.82, 2.24) is 23.6 Å². The molecule has 11 nitrogen and oxygen atoms in total. The van der Waals surface area contributed by atoms with E-state index in [1.165, 1.54) is 26.7 Å². The number of sulfonamides is 2. The SMILES string of the molecule is CS(=O)(=O)N1CCC(c2ccc(-c3cc4nccnc4c(OC[C@@H]4CN(S(C)(=O)=O)CCO4)n3)cc2)CC1. The van der Waals surface area contributed by atoms with Gasteiger partial charge in [0.15, 0.2) is 5.52 Å². The van der Waals surface area contributed by atoms with Gasteiger partial charge in [0, 0.05) is 44.1 Å². The monoisotopic (exact) mass is 561 g/mol. The Balaban J connectivity index is 1.33. The Morgan fingerprint density at radius 1 is 0.947 bits per heavy atom. The van der Waals surface area contributed by atoms with E-state index in [9.17, 15) is 16.8 Å². The quantitative estimate of drug-likeness (QED) is 0.424. The molecule has 13 heteroatoms. The van der Waals surface area contributed by atoms with Gasteiger partial charge in [0.25, 0.3) is 0 Å². The summed E-state index contributed by atoms with van der Waals surface area (Å²) in [6.07, 6.45) is 6.77. The Labute approximate surface area is 222 Å². The fraction of sp³-hybridized carbons (Fsp3) is 0.480. The van der Waals surface area contributed by atoms with Crippen LogP contribution in [0.25, 0.3) is 22.3 Å². The summed E-state index contributed by atoms with van der Waals surface area (Å²) in [6, 6.07) is 9.99. The van der Waals surface area contributed by atoms with Gasteiger partial charge in [-0.1, -0.05) is 24.3 Å². The molecule has 1 aromatic carbocycles. The summed E-state index contributed by atoms with van der Waals surface area (Å²) in [5.41, 5.74) is 3.88. The number of fused-ring (bicyclic) bond motifs is 1. The molecule has 3 aromatic rings. The predicted molar refractivity (Wildman–Crippen MR) is 143 cm³/mol. The van der Waals surface area contributed by atoms with Crippen molar-refractivity contribution in [2.75, 3.05) is 51.9 Å². The van der Waals surface area contributed by atoms with Gasteiger partial charge in [-0.2, -0.15) is 4.31 Å². The summed E-state index contributed by atoms with van der Waals surface area (Å²) in [7, 11) is -6.46. The van der Waals surface area contributed by atoms with Crippen LogP contribution in [0.5, 0.6) is 5.88 Å². The molecule has 4 heterocycles. The number of rotatable bonds is 7. The number of pyridine rings is 1. The molecule has 2 aliphatic heterocycles. The van der Waals surface area contributed by atoms with E-state index >= 15 is 0 Å². The van der Waals surface area contributed by atoms with E-state index in [1.54, 1.807) is 12.4 Å². The van der Waals surface area contributed by atoms with E-state index < -0.39 is 26.2 Å². The Kier molecular flexibility index (Phi) is 7.65. The van der Waals surface area contributed by atoms with Crippen molar-refractivity contribution in [3.05, 3.63) is 48.3 Å². The van der Waals surface area contributed by atoms with Crippen LogP contribution in [0.4, 0.5) is 0 Å². The molecule has 0 spiro atoms. The lowest BCUT2D eigenvalue weighted by Crippen LogP contribution is -2.47. The predicted octanol–water partition coefficient (Wildman–Crippen LogP) is 1.87. The Morgan fingerprint density at radius 2 is 1.63 bits per heavy atom.